The molecule has 0 aromatic heterocycles. The molecule has 20 heavy (non-hydrogen) atoms. The van der Waals surface area contributed by atoms with Crippen LogP contribution in [-0.4, -0.2) is 24.0 Å². The number of carbonyl (C=O) groups excluding carboxylic acids is 1. The lowest BCUT2D eigenvalue weighted by molar-refractivity contribution is -0.155. The normalized spacial score (nSPS) is 20.6. The molecule has 4 nitrogen and oxygen atoms in total. The van der Waals surface area contributed by atoms with Crippen LogP contribution in [0.5, 0.6) is 0 Å². The Balaban J connectivity index is 2.29. The van der Waals surface area contributed by atoms with Gasteiger partial charge in [-0.1, -0.05) is 24.3 Å². The number of aliphatic carboxylic acids is 1. The topological polar surface area (TPSA) is 66.4 Å². The highest BCUT2D eigenvalue weighted by atomic mass is 16.4. The van der Waals surface area contributed by atoms with Crippen molar-refractivity contribution in [2.45, 2.75) is 38.5 Å². The molecule has 0 aliphatic heterocycles. The number of fused-ring (bicyclic) bond motifs is 1. The minimum atomic E-state index is -1.37. The molecule has 1 aliphatic rings. The van der Waals surface area contributed by atoms with Gasteiger partial charge in [0.1, 0.15) is 5.41 Å². The van der Waals surface area contributed by atoms with Gasteiger partial charge in [0.05, 0.1) is 0 Å². The summed E-state index contributed by atoms with van der Waals surface area (Å²) in [6, 6.07) is 8.15. The van der Waals surface area contributed by atoms with E-state index in [1.165, 1.54) is 25.1 Å². The first-order valence-corrected chi connectivity index (χ1v) is 7.02. The summed E-state index contributed by atoms with van der Waals surface area (Å²) >= 11 is 0. The molecular weight excluding hydrogens is 254 g/mol. The third-order valence-corrected chi connectivity index (χ3v) is 4.35. The molecule has 0 bridgehead atoms. The number of hydrogen-bond donors (Lipinski definition) is 2. The molecule has 2 N–H and O–H groups in total. The third kappa shape index (κ3) is 2.55. The molecule has 108 valence electrons. The molecule has 2 unspecified atom stereocenters. The fourth-order valence-electron chi connectivity index (χ4n) is 3.11. The maximum absolute atomic E-state index is 12.0. The standard InChI is InChI=1S/C16H21NO3/c1-16(15(19)20,14(18)17-2)10-12-8-5-7-11-6-3-4-9-13(11)12/h3-4,6,9,12H,5,7-8,10H2,1-2H3,(H,17,18)(H,19,20). The zero-order valence-corrected chi connectivity index (χ0v) is 12.0. The van der Waals surface area contributed by atoms with Crippen LogP contribution in [0.15, 0.2) is 24.3 Å². The van der Waals surface area contributed by atoms with E-state index in [2.05, 4.69) is 17.4 Å². The van der Waals surface area contributed by atoms with Crippen LogP contribution >= 0.6 is 0 Å². The largest absolute Gasteiger partial charge is 0.480 e. The number of aryl methyl sites for hydroxylation is 1. The molecule has 0 fully saturated rings. The molecule has 1 amide bonds. The van der Waals surface area contributed by atoms with Gasteiger partial charge in [0.25, 0.3) is 0 Å². The van der Waals surface area contributed by atoms with Crippen molar-refractivity contribution in [1.82, 2.24) is 5.32 Å². The molecule has 2 rings (SSSR count). The van der Waals surface area contributed by atoms with Crippen molar-refractivity contribution in [2.24, 2.45) is 5.41 Å². The minimum Gasteiger partial charge on any atom is -0.480 e. The lowest BCUT2D eigenvalue weighted by atomic mass is 9.72. The average Bonchev–Trinajstić information content (AvgIpc) is 2.46. The molecule has 1 aromatic carbocycles. The number of hydrogen-bond acceptors (Lipinski definition) is 2. The van der Waals surface area contributed by atoms with Gasteiger partial charge in [0.15, 0.2) is 0 Å². The van der Waals surface area contributed by atoms with E-state index in [0.29, 0.717) is 6.42 Å². The van der Waals surface area contributed by atoms with Crippen LogP contribution in [0.4, 0.5) is 0 Å². The van der Waals surface area contributed by atoms with Gasteiger partial charge >= 0.3 is 5.97 Å². The zero-order chi connectivity index (χ0) is 14.8. The summed E-state index contributed by atoms with van der Waals surface area (Å²) in [6.45, 7) is 1.52. The summed E-state index contributed by atoms with van der Waals surface area (Å²) < 4.78 is 0. The Labute approximate surface area is 119 Å². The molecule has 1 aliphatic carbocycles. The van der Waals surface area contributed by atoms with E-state index >= 15 is 0 Å². The molecule has 1 aromatic rings. The van der Waals surface area contributed by atoms with E-state index in [4.69, 9.17) is 0 Å². The summed E-state index contributed by atoms with van der Waals surface area (Å²) in [5, 5.41) is 11.9. The van der Waals surface area contributed by atoms with E-state index in [-0.39, 0.29) is 5.92 Å². The lowest BCUT2D eigenvalue weighted by Gasteiger charge is -2.32. The number of rotatable bonds is 4. The Hall–Kier alpha value is -1.84. The van der Waals surface area contributed by atoms with Gasteiger partial charge < -0.3 is 10.4 Å². The first-order valence-electron chi connectivity index (χ1n) is 7.02. The first-order chi connectivity index (χ1) is 9.49. The number of benzene rings is 1. The van der Waals surface area contributed by atoms with Gasteiger partial charge in [-0.2, -0.15) is 0 Å². The highest BCUT2D eigenvalue weighted by molar-refractivity contribution is 6.01. The maximum Gasteiger partial charge on any atom is 0.318 e. The Morgan fingerprint density at radius 3 is 2.75 bits per heavy atom. The third-order valence-electron chi connectivity index (χ3n) is 4.35. The van der Waals surface area contributed by atoms with Crippen LogP contribution in [0.3, 0.4) is 0 Å². The van der Waals surface area contributed by atoms with Gasteiger partial charge in [-0.3, -0.25) is 9.59 Å². The summed E-state index contributed by atoms with van der Waals surface area (Å²) in [6.07, 6.45) is 3.37. The van der Waals surface area contributed by atoms with Gasteiger partial charge in [-0.15, -0.1) is 0 Å². The summed E-state index contributed by atoms with van der Waals surface area (Å²) in [7, 11) is 1.48. The number of carboxylic acids is 1. The maximum atomic E-state index is 12.0. The Morgan fingerprint density at radius 1 is 1.40 bits per heavy atom. The van der Waals surface area contributed by atoms with E-state index in [1.807, 2.05) is 12.1 Å². The molecule has 0 heterocycles. The second-order valence-corrected chi connectivity index (χ2v) is 5.71. The van der Waals surface area contributed by atoms with Gasteiger partial charge in [0, 0.05) is 7.05 Å². The van der Waals surface area contributed by atoms with E-state index in [1.54, 1.807) is 0 Å². The van der Waals surface area contributed by atoms with Crippen LogP contribution in [0, 0.1) is 5.41 Å². The van der Waals surface area contributed by atoms with Crippen LogP contribution in [0.2, 0.25) is 0 Å². The quantitative estimate of drug-likeness (QED) is 0.829. The minimum absolute atomic E-state index is 0.137. The van der Waals surface area contributed by atoms with Crippen molar-refractivity contribution in [3.8, 4) is 0 Å². The van der Waals surface area contributed by atoms with Crippen molar-refractivity contribution in [1.29, 1.82) is 0 Å². The van der Waals surface area contributed by atoms with Gasteiger partial charge in [0.2, 0.25) is 5.91 Å². The smallest absolute Gasteiger partial charge is 0.318 e. The first kappa shape index (κ1) is 14.6. The second-order valence-electron chi connectivity index (χ2n) is 5.71. The van der Waals surface area contributed by atoms with Crippen LogP contribution in [-0.2, 0) is 16.0 Å². The molecule has 2 atom stereocenters. The monoisotopic (exact) mass is 275 g/mol. The number of amides is 1. The number of carboxylic acid groups (broad SMARTS) is 1. The Bertz CT molecular complexity index is 526. The van der Waals surface area contributed by atoms with Crippen molar-refractivity contribution < 1.29 is 14.7 Å². The van der Waals surface area contributed by atoms with Gasteiger partial charge in [-0.05, 0) is 49.7 Å². The lowest BCUT2D eigenvalue weighted by Crippen LogP contribution is -2.44. The molecule has 0 spiro atoms. The molecule has 4 heteroatoms. The van der Waals surface area contributed by atoms with Crippen LogP contribution < -0.4 is 5.32 Å². The summed E-state index contributed by atoms with van der Waals surface area (Å²) in [4.78, 5) is 23.5. The second kappa shape index (κ2) is 5.65. The Kier molecular flexibility index (Phi) is 4.12. The zero-order valence-electron chi connectivity index (χ0n) is 12.0. The van der Waals surface area contributed by atoms with Crippen LogP contribution in [0.25, 0.3) is 0 Å². The Morgan fingerprint density at radius 2 is 2.10 bits per heavy atom. The molecule has 0 saturated heterocycles. The average molecular weight is 275 g/mol. The predicted molar refractivity (Wildman–Crippen MR) is 76.5 cm³/mol. The summed E-state index contributed by atoms with van der Waals surface area (Å²) in [5.41, 5.74) is 1.12. The molecular formula is C16H21NO3. The highest BCUT2D eigenvalue weighted by Crippen LogP contribution is 2.40. The molecule has 0 radical (unpaired) electrons. The van der Waals surface area contributed by atoms with E-state index < -0.39 is 17.3 Å². The number of carbonyl (C=O) groups is 2. The predicted octanol–water partition coefficient (Wildman–Crippen LogP) is 2.33. The number of nitrogens with one attached hydrogen (secondary N) is 1. The highest BCUT2D eigenvalue weighted by Gasteiger charge is 2.43. The van der Waals surface area contributed by atoms with E-state index in [9.17, 15) is 14.7 Å². The van der Waals surface area contributed by atoms with Crippen molar-refractivity contribution >= 4 is 11.9 Å². The SMILES string of the molecule is CNC(=O)C(C)(CC1CCCc2ccccc21)C(=O)O. The van der Waals surface area contributed by atoms with E-state index in [0.717, 1.165) is 19.3 Å². The van der Waals surface area contributed by atoms with Crippen molar-refractivity contribution in [2.75, 3.05) is 7.05 Å². The van der Waals surface area contributed by atoms with Crippen LogP contribution in [0.1, 0.15) is 43.2 Å². The fraction of sp³-hybridized carbons (Fsp3) is 0.500. The molecule has 0 saturated carbocycles. The van der Waals surface area contributed by atoms with Crippen molar-refractivity contribution in [3.05, 3.63) is 35.4 Å². The fourth-order valence-corrected chi connectivity index (χ4v) is 3.11. The summed E-state index contributed by atoms with van der Waals surface area (Å²) in [5.74, 6) is -1.34. The van der Waals surface area contributed by atoms with Gasteiger partial charge in [-0.25, -0.2) is 0 Å². The van der Waals surface area contributed by atoms with Crippen molar-refractivity contribution in [3.63, 3.8) is 0 Å².